The molecule has 1 amide bonds. The first-order valence-corrected chi connectivity index (χ1v) is 8.53. The average molecular weight is 433 g/mol. The van der Waals surface area contributed by atoms with Gasteiger partial charge in [0.25, 0.3) is 5.69 Å². The number of benzene rings is 2. The van der Waals surface area contributed by atoms with Crippen LogP contribution in [0.25, 0.3) is 0 Å². The van der Waals surface area contributed by atoms with E-state index in [0.29, 0.717) is 11.8 Å². The lowest BCUT2D eigenvalue weighted by Crippen LogP contribution is -2.23. The van der Waals surface area contributed by atoms with E-state index in [4.69, 9.17) is 16.7 Å². The molecule has 0 saturated heterocycles. The van der Waals surface area contributed by atoms with Crippen LogP contribution in [0, 0.1) is 10.1 Å². The van der Waals surface area contributed by atoms with Gasteiger partial charge in [0, 0.05) is 18.7 Å². The Hall–Kier alpha value is -3.05. The van der Waals surface area contributed by atoms with Crippen LogP contribution in [0.3, 0.4) is 0 Å². The number of amides is 1. The van der Waals surface area contributed by atoms with Gasteiger partial charge in [0.2, 0.25) is 5.91 Å². The zero-order valence-corrected chi connectivity index (χ0v) is 15.5. The van der Waals surface area contributed by atoms with Crippen LogP contribution < -0.4 is 16.0 Å². The van der Waals surface area contributed by atoms with Crippen molar-refractivity contribution >= 4 is 40.3 Å². The van der Waals surface area contributed by atoms with Crippen molar-refractivity contribution in [3.05, 3.63) is 57.1 Å². The molecule has 156 valence electrons. The number of rotatable bonds is 8. The lowest BCUT2D eigenvalue weighted by atomic mass is 10.2. The van der Waals surface area contributed by atoms with Crippen LogP contribution in [-0.4, -0.2) is 35.6 Å². The van der Waals surface area contributed by atoms with E-state index in [1.54, 1.807) is 0 Å². The van der Waals surface area contributed by atoms with Crippen LogP contribution in [0.1, 0.15) is 5.56 Å². The van der Waals surface area contributed by atoms with Crippen LogP contribution in [0.5, 0.6) is 0 Å². The minimum atomic E-state index is -4.60. The molecule has 0 fully saturated rings. The predicted octanol–water partition coefficient (Wildman–Crippen LogP) is 3.72. The number of nitrogens with zero attached hydrogens (tertiary/aromatic N) is 1. The molecule has 0 aliphatic rings. The van der Waals surface area contributed by atoms with Crippen LogP contribution in [0.4, 0.5) is 35.9 Å². The molecule has 12 heteroatoms. The van der Waals surface area contributed by atoms with Crippen molar-refractivity contribution in [1.29, 1.82) is 0 Å². The molecule has 0 atom stereocenters. The predicted molar refractivity (Wildman–Crippen MR) is 102 cm³/mol. The molecule has 0 heterocycles. The molecule has 0 aliphatic heterocycles. The third kappa shape index (κ3) is 6.22. The molecular formula is C17H16ClF3N4O4. The van der Waals surface area contributed by atoms with Crippen molar-refractivity contribution in [2.45, 2.75) is 6.18 Å². The van der Waals surface area contributed by atoms with E-state index in [2.05, 4.69) is 16.0 Å². The first-order chi connectivity index (χ1) is 13.6. The maximum Gasteiger partial charge on any atom is 0.416 e. The van der Waals surface area contributed by atoms with Crippen molar-refractivity contribution in [3.63, 3.8) is 0 Å². The molecule has 0 aromatic heterocycles. The Labute approximate surface area is 167 Å². The van der Waals surface area contributed by atoms with Gasteiger partial charge in [0.1, 0.15) is 0 Å². The number of hydrogen-bond acceptors (Lipinski definition) is 6. The Kier molecular flexibility index (Phi) is 7.23. The summed E-state index contributed by atoms with van der Waals surface area (Å²) in [5.41, 5.74) is -0.818. The zero-order valence-electron chi connectivity index (χ0n) is 14.7. The molecule has 0 aliphatic carbocycles. The number of non-ortho nitro benzene ring substituents is 1. The SMILES string of the molecule is O=C(CNc1cc([N+](=O)[O-])ccc1NCCO)Nc1cc(C(F)(F)F)ccc1Cl. The first kappa shape index (κ1) is 22.2. The van der Waals surface area contributed by atoms with Crippen molar-refractivity contribution in [3.8, 4) is 0 Å². The lowest BCUT2D eigenvalue weighted by molar-refractivity contribution is -0.384. The zero-order chi connectivity index (χ0) is 21.6. The number of aliphatic hydroxyl groups is 1. The maximum absolute atomic E-state index is 12.8. The number of nitro groups is 1. The summed E-state index contributed by atoms with van der Waals surface area (Å²) in [4.78, 5) is 22.5. The Morgan fingerprint density at radius 1 is 1.10 bits per heavy atom. The van der Waals surface area contributed by atoms with Gasteiger partial charge >= 0.3 is 6.18 Å². The molecule has 2 aromatic rings. The third-order valence-electron chi connectivity index (χ3n) is 3.65. The number of anilines is 3. The van der Waals surface area contributed by atoms with E-state index >= 15 is 0 Å². The van der Waals surface area contributed by atoms with Crippen molar-refractivity contribution in [2.75, 3.05) is 35.6 Å². The van der Waals surface area contributed by atoms with Gasteiger partial charge in [0.15, 0.2) is 0 Å². The quantitative estimate of drug-likeness (QED) is 0.373. The van der Waals surface area contributed by atoms with Crippen molar-refractivity contribution in [2.24, 2.45) is 0 Å². The summed E-state index contributed by atoms with van der Waals surface area (Å²) in [6.07, 6.45) is -4.60. The summed E-state index contributed by atoms with van der Waals surface area (Å²) in [6, 6.07) is 6.35. The Balaban J connectivity index is 2.12. The lowest BCUT2D eigenvalue weighted by Gasteiger charge is -2.14. The fourth-order valence-corrected chi connectivity index (χ4v) is 2.47. The second-order valence-corrected chi connectivity index (χ2v) is 6.14. The van der Waals surface area contributed by atoms with Crippen molar-refractivity contribution < 1.29 is 28.0 Å². The van der Waals surface area contributed by atoms with Crippen LogP contribution in [0.15, 0.2) is 36.4 Å². The molecule has 2 rings (SSSR count). The minimum Gasteiger partial charge on any atom is -0.395 e. The largest absolute Gasteiger partial charge is 0.416 e. The Bertz CT molecular complexity index is 909. The highest BCUT2D eigenvalue weighted by atomic mass is 35.5. The minimum absolute atomic E-state index is 0.0769. The molecule has 4 N–H and O–H groups in total. The number of halogens is 4. The van der Waals surface area contributed by atoms with Gasteiger partial charge in [-0.2, -0.15) is 13.2 Å². The summed E-state index contributed by atoms with van der Waals surface area (Å²) in [6.45, 7) is -0.426. The number of nitro benzene ring substituents is 1. The van der Waals surface area contributed by atoms with E-state index in [9.17, 15) is 28.1 Å². The number of carbonyl (C=O) groups excluding carboxylic acids is 1. The van der Waals surface area contributed by atoms with E-state index in [1.165, 1.54) is 18.2 Å². The van der Waals surface area contributed by atoms with Gasteiger partial charge in [0.05, 0.1) is 45.7 Å². The normalized spacial score (nSPS) is 11.1. The van der Waals surface area contributed by atoms with Gasteiger partial charge in [-0.1, -0.05) is 11.6 Å². The number of alkyl halides is 3. The molecule has 0 saturated carbocycles. The van der Waals surface area contributed by atoms with E-state index in [-0.39, 0.29) is 35.2 Å². The fraction of sp³-hybridized carbons (Fsp3) is 0.235. The molecule has 29 heavy (non-hydrogen) atoms. The number of aliphatic hydroxyl groups excluding tert-OH is 1. The highest BCUT2D eigenvalue weighted by molar-refractivity contribution is 6.33. The first-order valence-electron chi connectivity index (χ1n) is 8.15. The van der Waals surface area contributed by atoms with E-state index in [0.717, 1.165) is 12.1 Å². The Morgan fingerprint density at radius 3 is 2.45 bits per heavy atom. The standard InChI is InChI=1S/C17H16ClF3N4O4/c18-12-3-1-10(17(19,20)21)7-14(12)24-16(27)9-23-15-8-11(25(28)29)2-4-13(15)22-5-6-26/h1-4,7-8,22-23,26H,5-6,9H2,(H,24,27). The number of hydrogen-bond donors (Lipinski definition) is 4. The summed E-state index contributed by atoms with van der Waals surface area (Å²) in [5.74, 6) is -0.717. The topological polar surface area (TPSA) is 117 Å². The molecule has 0 unspecified atom stereocenters. The summed E-state index contributed by atoms with van der Waals surface area (Å²) >= 11 is 5.83. The summed E-state index contributed by atoms with van der Waals surface area (Å²) < 4.78 is 38.4. The van der Waals surface area contributed by atoms with Crippen LogP contribution in [0.2, 0.25) is 5.02 Å². The van der Waals surface area contributed by atoms with Gasteiger partial charge in [-0.05, 0) is 24.3 Å². The summed E-state index contributed by atoms with van der Waals surface area (Å²) in [5, 5.41) is 27.5. The molecular weight excluding hydrogens is 417 g/mol. The smallest absolute Gasteiger partial charge is 0.395 e. The Morgan fingerprint density at radius 2 is 1.83 bits per heavy atom. The fourth-order valence-electron chi connectivity index (χ4n) is 2.30. The highest BCUT2D eigenvalue weighted by Gasteiger charge is 2.31. The molecule has 2 aromatic carbocycles. The van der Waals surface area contributed by atoms with Gasteiger partial charge in [-0.3, -0.25) is 14.9 Å². The van der Waals surface area contributed by atoms with Crippen molar-refractivity contribution in [1.82, 2.24) is 0 Å². The maximum atomic E-state index is 12.8. The molecule has 8 nitrogen and oxygen atoms in total. The highest BCUT2D eigenvalue weighted by Crippen LogP contribution is 2.34. The van der Waals surface area contributed by atoms with E-state index < -0.39 is 29.1 Å². The number of nitrogens with one attached hydrogen (secondary N) is 3. The molecule has 0 bridgehead atoms. The molecule has 0 spiro atoms. The van der Waals surface area contributed by atoms with E-state index in [1.807, 2.05) is 0 Å². The monoisotopic (exact) mass is 432 g/mol. The average Bonchev–Trinajstić information content (AvgIpc) is 2.65. The second kappa shape index (κ2) is 9.43. The van der Waals surface area contributed by atoms with Crippen LogP contribution in [-0.2, 0) is 11.0 Å². The molecule has 0 radical (unpaired) electrons. The summed E-state index contributed by atoms with van der Waals surface area (Å²) in [7, 11) is 0. The second-order valence-electron chi connectivity index (χ2n) is 5.73. The van der Waals surface area contributed by atoms with Gasteiger partial charge < -0.3 is 21.1 Å². The van der Waals surface area contributed by atoms with Gasteiger partial charge in [-0.25, -0.2) is 0 Å². The van der Waals surface area contributed by atoms with Crippen LogP contribution >= 0.6 is 11.6 Å². The van der Waals surface area contributed by atoms with Gasteiger partial charge in [-0.15, -0.1) is 0 Å². The number of carbonyl (C=O) groups is 1. The third-order valence-corrected chi connectivity index (χ3v) is 3.98.